The number of hydrogen-bond acceptors (Lipinski definition) is 2. The summed E-state index contributed by atoms with van der Waals surface area (Å²) in [6, 6.07) is 12.1. The van der Waals surface area contributed by atoms with E-state index < -0.39 is 0 Å². The number of likely N-dealkylation sites (tertiary alicyclic amines) is 1. The molecule has 136 valence electrons. The summed E-state index contributed by atoms with van der Waals surface area (Å²) in [5, 5.41) is 4.81. The van der Waals surface area contributed by atoms with Crippen molar-refractivity contribution in [2.75, 3.05) is 13.1 Å². The lowest BCUT2D eigenvalue weighted by Gasteiger charge is -2.41. The number of amides is 1. The van der Waals surface area contributed by atoms with Crippen LogP contribution in [0.3, 0.4) is 0 Å². The zero-order valence-electron chi connectivity index (χ0n) is 15.3. The smallest absolute Gasteiger partial charge is 0.272 e. The van der Waals surface area contributed by atoms with E-state index in [1.807, 2.05) is 35.0 Å². The first-order valence-electron chi connectivity index (χ1n) is 10.2. The van der Waals surface area contributed by atoms with Gasteiger partial charge < -0.3 is 4.90 Å². The molecule has 0 N–H and O–H groups in total. The van der Waals surface area contributed by atoms with Gasteiger partial charge in [0.1, 0.15) is 5.69 Å². The van der Waals surface area contributed by atoms with Crippen LogP contribution in [-0.4, -0.2) is 33.7 Å². The van der Waals surface area contributed by atoms with Crippen molar-refractivity contribution < 1.29 is 4.79 Å². The van der Waals surface area contributed by atoms with Crippen molar-refractivity contribution in [2.45, 2.75) is 50.9 Å². The lowest BCUT2D eigenvalue weighted by atomic mass is 9.75. The summed E-state index contributed by atoms with van der Waals surface area (Å²) in [6.45, 7) is 1.83. The van der Waals surface area contributed by atoms with Crippen LogP contribution in [0.4, 0.5) is 0 Å². The Morgan fingerprint density at radius 3 is 2.50 bits per heavy atom. The average Bonchev–Trinajstić information content (AvgIpc) is 3.46. The summed E-state index contributed by atoms with van der Waals surface area (Å²) in [5.41, 5.74) is 2.81. The highest BCUT2D eigenvalue weighted by Crippen LogP contribution is 2.40. The Kier molecular flexibility index (Phi) is 4.07. The molecule has 2 heterocycles. The fourth-order valence-corrected chi connectivity index (χ4v) is 4.84. The van der Waals surface area contributed by atoms with Crippen LogP contribution in [0.2, 0.25) is 0 Å². The van der Waals surface area contributed by atoms with Crippen molar-refractivity contribution in [3.05, 3.63) is 47.8 Å². The van der Waals surface area contributed by atoms with Gasteiger partial charge in [-0.25, -0.2) is 4.68 Å². The molecule has 1 aromatic heterocycles. The molecule has 2 saturated carbocycles. The summed E-state index contributed by atoms with van der Waals surface area (Å²) in [6.07, 6.45) is 8.93. The van der Waals surface area contributed by atoms with Gasteiger partial charge >= 0.3 is 0 Å². The third kappa shape index (κ3) is 2.95. The molecule has 0 spiro atoms. The first kappa shape index (κ1) is 16.1. The van der Waals surface area contributed by atoms with E-state index in [0.29, 0.717) is 11.8 Å². The van der Waals surface area contributed by atoms with Crippen LogP contribution in [0, 0.1) is 11.8 Å². The Balaban J connectivity index is 1.44. The first-order valence-corrected chi connectivity index (χ1v) is 10.2. The molecule has 1 saturated heterocycles. The van der Waals surface area contributed by atoms with Gasteiger partial charge in [-0.05, 0) is 55.7 Å². The second-order valence-corrected chi connectivity index (χ2v) is 8.32. The molecule has 2 atom stereocenters. The van der Waals surface area contributed by atoms with Gasteiger partial charge in [0, 0.05) is 19.0 Å². The van der Waals surface area contributed by atoms with Crippen LogP contribution in [0.15, 0.2) is 36.4 Å². The molecule has 3 fully saturated rings. The molecule has 4 nitrogen and oxygen atoms in total. The number of para-hydroxylation sites is 1. The van der Waals surface area contributed by atoms with Gasteiger partial charge in [-0.3, -0.25) is 4.79 Å². The van der Waals surface area contributed by atoms with E-state index in [1.54, 1.807) is 0 Å². The number of benzene rings is 1. The standard InChI is InChI=1S/C22H27N3O/c26-22(24-13-12-16-6-4-5-7-18(16)15-24)21-14-20(17-10-11-17)23-25(21)19-8-2-1-3-9-19/h1-3,8-9,14,16-18H,4-7,10-13,15H2. The molecule has 1 aromatic carbocycles. The number of aromatic nitrogens is 2. The Labute approximate surface area is 155 Å². The summed E-state index contributed by atoms with van der Waals surface area (Å²) >= 11 is 0. The number of fused-ring (bicyclic) bond motifs is 1. The van der Waals surface area contributed by atoms with E-state index in [9.17, 15) is 4.79 Å². The number of carbonyl (C=O) groups is 1. The fourth-order valence-electron chi connectivity index (χ4n) is 4.84. The van der Waals surface area contributed by atoms with Crippen molar-refractivity contribution in [2.24, 2.45) is 11.8 Å². The normalized spacial score (nSPS) is 25.8. The fraction of sp³-hybridized carbons (Fsp3) is 0.545. The highest BCUT2D eigenvalue weighted by Gasteiger charge is 2.35. The molecule has 0 bridgehead atoms. The predicted octanol–water partition coefficient (Wildman–Crippen LogP) is 4.40. The van der Waals surface area contributed by atoms with Gasteiger partial charge in [0.25, 0.3) is 5.91 Å². The van der Waals surface area contributed by atoms with Crippen LogP contribution in [0.25, 0.3) is 5.69 Å². The van der Waals surface area contributed by atoms with Gasteiger partial charge in [-0.1, -0.05) is 37.5 Å². The molecule has 5 rings (SSSR count). The summed E-state index contributed by atoms with van der Waals surface area (Å²) < 4.78 is 1.88. The Morgan fingerprint density at radius 2 is 1.73 bits per heavy atom. The van der Waals surface area contributed by atoms with E-state index in [2.05, 4.69) is 11.0 Å². The molecule has 1 amide bonds. The maximum Gasteiger partial charge on any atom is 0.272 e. The van der Waals surface area contributed by atoms with E-state index >= 15 is 0 Å². The minimum atomic E-state index is 0.164. The third-order valence-corrected chi connectivity index (χ3v) is 6.52. The minimum absolute atomic E-state index is 0.164. The largest absolute Gasteiger partial charge is 0.337 e. The zero-order chi connectivity index (χ0) is 17.5. The van der Waals surface area contributed by atoms with Crippen molar-refractivity contribution in [3.8, 4) is 5.69 Å². The van der Waals surface area contributed by atoms with E-state index in [0.717, 1.165) is 36.1 Å². The molecular weight excluding hydrogens is 322 g/mol. The highest BCUT2D eigenvalue weighted by molar-refractivity contribution is 5.93. The summed E-state index contributed by atoms with van der Waals surface area (Å²) in [4.78, 5) is 15.5. The second-order valence-electron chi connectivity index (χ2n) is 8.32. The number of carbonyl (C=O) groups excluding carboxylic acids is 1. The van der Waals surface area contributed by atoms with Crippen LogP contribution < -0.4 is 0 Å². The monoisotopic (exact) mass is 349 g/mol. The van der Waals surface area contributed by atoms with Crippen LogP contribution >= 0.6 is 0 Å². The first-order chi connectivity index (χ1) is 12.8. The lowest BCUT2D eigenvalue weighted by Crippen LogP contribution is -2.45. The zero-order valence-corrected chi connectivity index (χ0v) is 15.3. The lowest BCUT2D eigenvalue weighted by molar-refractivity contribution is 0.0512. The van der Waals surface area contributed by atoms with Gasteiger partial charge in [0.15, 0.2) is 0 Å². The highest BCUT2D eigenvalue weighted by atomic mass is 16.2. The van der Waals surface area contributed by atoms with Crippen molar-refractivity contribution in [3.63, 3.8) is 0 Å². The number of nitrogens with zero attached hydrogens (tertiary/aromatic N) is 3. The molecule has 2 unspecified atom stereocenters. The molecule has 2 aliphatic carbocycles. The Morgan fingerprint density at radius 1 is 0.962 bits per heavy atom. The van der Waals surface area contributed by atoms with Crippen molar-refractivity contribution in [1.82, 2.24) is 14.7 Å². The molecule has 26 heavy (non-hydrogen) atoms. The van der Waals surface area contributed by atoms with Gasteiger partial charge in [0.05, 0.1) is 11.4 Å². The molecular formula is C22H27N3O. The van der Waals surface area contributed by atoms with Gasteiger partial charge in [0.2, 0.25) is 0 Å². The predicted molar refractivity (Wildman–Crippen MR) is 102 cm³/mol. The summed E-state index contributed by atoms with van der Waals surface area (Å²) in [5.74, 6) is 2.26. The SMILES string of the molecule is O=C(c1cc(C2CC2)nn1-c1ccccc1)N1CCC2CCCCC2C1. The number of hydrogen-bond donors (Lipinski definition) is 0. The topological polar surface area (TPSA) is 38.1 Å². The Bertz CT molecular complexity index is 793. The summed E-state index contributed by atoms with van der Waals surface area (Å²) in [7, 11) is 0. The quantitative estimate of drug-likeness (QED) is 0.823. The maximum atomic E-state index is 13.4. The minimum Gasteiger partial charge on any atom is -0.337 e. The average molecular weight is 349 g/mol. The van der Waals surface area contributed by atoms with E-state index in [-0.39, 0.29) is 5.91 Å². The van der Waals surface area contributed by atoms with Crippen LogP contribution in [0.1, 0.15) is 67.0 Å². The van der Waals surface area contributed by atoms with Crippen LogP contribution in [0.5, 0.6) is 0 Å². The molecule has 0 radical (unpaired) electrons. The Hall–Kier alpha value is -2.10. The molecule has 4 heteroatoms. The van der Waals surface area contributed by atoms with Gasteiger partial charge in [-0.15, -0.1) is 0 Å². The molecule has 2 aromatic rings. The van der Waals surface area contributed by atoms with Crippen molar-refractivity contribution in [1.29, 1.82) is 0 Å². The molecule has 3 aliphatic rings. The maximum absolute atomic E-state index is 13.4. The third-order valence-electron chi connectivity index (χ3n) is 6.52. The van der Waals surface area contributed by atoms with Crippen LogP contribution in [-0.2, 0) is 0 Å². The van der Waals surface area contributed by atoms with E-state index in [4.69, 9.17) is 5.10 Å². The number of rotatable bonds is 3. The number of piperidine rings is 1. The second kappa shape index (κ2) is 6.57. The van der Waals surface area contributed by atoms with E-state index in [1.165, 1.54) is 44.9 Å². The van der Waals surface area contributed by atoms with Gasteiger partial charge in [-0.2, -0.15) is 5.10 Å². The molecule has 1 aliphatic heterocycles. The van der Waals surface area contributed by atoms with Crippen molar-refractivity contribution >= 4 is 5.91 Å².